The van der Waals surface area contributed by atoms with Gasteiger partial charge in [0, 0.05) is 11.9 Å². The number of halogens is 1. The maximum atomic E-state index is 4.35. The van der Waals surface area contributed by atoms with E-state index in [1.165, 1.54) is 18.4 Å². The number of nitrogens with zero attached hydrogens (tertiary/aromatic N) is 2. The van der Waals surface area contributed by atoms with Gasteiger partial charge in [-0.05, 0) is 25.0 Å². The van der Waals surface area contributed by atoms with Crippen molar-refractivity contribution in [2.45, 2.75) is 19.4 Å². The summed E-state index contributed by atoms with van der Waals surface area (Å²) in [5.41, 5.74) is 2.33. The van der Waals surface area contributed by atoms with Crippen LogP contribution in [0, 0.1) is 0 Å². The Morgan fingerprint density at radius 2 is 2.07 bits per heavy atom. The number of aryl methyl sites for hydroxylation is 1. The smallest absolute Gasteiger partial charge is 0.0958 e. The van der Waals surface area contributed by atoms with Crippen LogP contribution in [0.3, 0.4) is 0 Å². The van der Waals surface area contributed by atoms with Crippen LogP contribution in [0.15, 0.2) is 30.6 Å². The molecule has 3 heteroatoms. The number of aromatic nitrogens is 2. The first-order valence-electron chi connectivity index (χ1n) is 4.87. The van der Waals surface area contributed by atoms with E-state index in [1.54, 1.807) is 0 Å². The molecule has 0 saturated carbocycles. The van der Waals surface area contributed by atoms with Crippen molar-refractivity contribution in [2.24, 2.45) is 0 Å². The molecule has 0 saturated heterocycles. The normalized spacial score (nSPS) is 10.9. The summed E-state index contributed by atoms with van der Waals surface area (Å²) < 4.78 is 2.22. The Labute approximate surface area is 92.1 Å². The first-order valence-corrected chi connectivity index (χ1v) is 6.00. The molecular weight excluding hydrogens is 240 g/mol. The predicted molar refractivity (Wildman–Crippen MR) is 62.8 cm³/mol. The van der Waals surface area contributed by atoms with E-state index in [1.807, 2.05) is 12.4 Å². The van der Waals surface area contributed by atoms with E-state index < -0.39 is 0 Å². The molecule has 0 unspecified atom stereocenters. The number of para-hydroxylation sites is 2. The van der Waals surface area contributed by atoms with Crippen molar-refractivity contribution in [3.63, 3.8) is 0 Å². The average molecular weight is 253 g/mol. The van der Waals surface area contributed by atoms with Gasteiger partial charge in [-0.3, -0.25) is 0 Å². The van der Waals surface area contributed by atoms with Crippen LogP contribution < -0.4 is 0 Å². The summed E-state index contributed by atoms with van der Waals surface area (Å²) in [6.45, 7) is 1.06. The number of rotatable bonds is 4. The molecule has 0 aliphatic heterocycles. The van der Waals surface area contributed by atoms with Gasteiger partial charge in [-0.2, -0.15) is 0 Å². The van der Waals surface area contributed by atoms with Gasteiger partial charge in [0.1, 0.15) is 0 Å². The van der Waals surface area contributed by atoms with Gasteiger partial charge in [-0.1, -0.05) is 28.1 Å². The van der Waals surface area contributed by atoms with Crippen molar-refractivity contribution in [1.29, 1.82) is 0 Å². The Balaban J connectivity index is 2.17. The summed E-state index contributed by atoms with van der Waals surface area (Å²) >= 11 is 3.44. The van der Waals surface area contributed by atoms with Gasteiger partial charge in [0.05, 0.1) is 17.4 Å². The fourth-order valence-corrected chi connectivity index (χ4v) is 1.96. The minimum Gasteiger partial charge on any atom is -0.331 e. The van der Waals surface area contributed by atoms with Crippen molar-refractivity contribution in [1.82, 2.24) is 9.55 Å². The zero-order valence-corrected chi connectivity index (χ0v) is 9.57. The molecule has 1 heterocycles. The van der Waals surface area contributed by atoms with Gasteiger partial charge in [-0.15, -0.1) is 0 Å². The summed E-state index contributed by atoms with van der Waals surface area (Å²) in [4.78, 5) is 4.35. The van der Waals surface area contributed by atoms with Crippen LogP contribution in [0.4, 0.5) is 0 Å². The molecule has 0 aliphatic rings. The maximum Gasteiger partial charge on any atom is 0.0958 e. The summed E-state index contributed by atoms with van der Waals surface area (Å²) in [6.07, 6.45) is 4.34. The lowest BCUT2D eigenvalue weighted by molar-refractivity contribution is 0.650. The van der Waals surface area contributed by atoms with Gasteiger partial charge in [0.2, 0.25) is 0 Å². The number of fused-ring (bicyclic) bond motifs is 1. The molecule has 1 aromatic heterocycles. The zero-order chi connectivity index (χ0) is 9.80. The van der Waals surface area contributed by atoms with Crippen molar-refractivity contribution < 1.29 is 0 Å². The van der Waals surface area contributed by atoms with Crippen LogP contribution in [-0.2, 0) is 6.54 Å². The molecule has 2 aromatic rings. The first-order chi connectivity index (χ1) is 6.92. The Morgan fingerprint density at radius 3 is 2.93 bits per heavy atom. The molecule has 74 valence electrons. The van der Waals surface area contributed by atoms with Crippen LogP contribution in [-0.4, -0.2) is 14.9 Å². The molecular formula is C11H13BrN2. The number of unbranched alkanes of at least 4 members (excludes halogenated alkanes) is 1. The van der Waals surface area contributed by atoms with Crippen LogP contribution in [0.2, 0.25) is 0 Å². The molecule has 0 radical (unpaired) electrons. The summed E-state index contributed by atoms with van der Waals surface area (Å²) in [7, 11) is 0. The second-order valence-corrected chi connectivity index (χ2v) is 4.12. The third-order valence-corrected chi connectivity index (χ3v) is 2.87. The van der Waals surface area contributed by atoms with Gasteiger partial charge >= 0.3 is 0 Å². The standard InChI is InChI=1S/C11H13BrN2/c12-7-3-4-8-14-9-13-10-5-1-2-6-11(10)14/h1-2,5-6,9H,3-4,7-8H2. The van der Waals surface area contributed by atoms with Gasteiger partial charge in [-0.25, -0.2) is 4.98 Å². The number of imidazole rings is 1. The molecule has 0 amide bonds. The monoisotopic (exact) mass is 252 g/mol. The fourth-order valence-electron chi connectivity index (χ4n) is 1.57. The van der Waals surface area contributed by atoms with E-state index in [2.05, 4.69) is 43.7 Å². The molecule has 14 heavy (non-hydrogen) atoms. The highest BCUT2D eigenvalue weighted by Crippen LogP contribution is 2.12. The van der Waals surface area contributed by atoms with Crippen molar-refractivity contribution in [3.05, 3.63) is 30.6 Å². The van der Waals surface area contributed by atoms with E-state index in [-0.39, 0.29) is 0 Å². The molecule has 2 rings (SSSR count). The van der Waals surface area contributed by atoms with E-state index in [9.17, 15) is 0 Å². The lowest BCUT2D eigenvalue weighted by Gasteiger charge is -2.02. The molecule has 0 fully saturated rings. The molecule has 0 N–H and O–H groups in total. The van der Waals surface area contributed by atoms with Gasteiger partial charge in [0.25, 0.3) is 0 Å². The van der Waals surface area contributed by atoms with Crippen molar-refractivity contribution >= 4 is 27.0 Å². The third-order valence-electron chi connectivity index (χ3n) is 2.31. The summed E-state index contributed by atoms with van der Waals surface area (Å²) in [5.74, 6) is 0. The van der Waals surface area contributed by atoms with Crippen LogP contribution >= 0.6 is 15.9 Å². The van der Waals surface area contributed by atoms with Crippen molar-refractivity contribution in [3.8, 4) is 0 Å². The number of hydrogen-bond acceptors (Lipinski definition) is 1. The van der Waals surface area contributed by atoms with Gasteiger partial charge in [0.15, 0.2) is 0 Å². The topological polar surface area (TPSA) is 17.8 Å². The summed E-state index contributed by atoms with van der Waals surface area (Å²) in [6, 6.07) is 8.26. The summed E-state index contributed by atoms with van der Waals surface area (Å²) in [5, 5.41) is 1.08. The van der Waals surface area contributed by atoms with Crippen LogP contribution in [0.25, 0.3) is 11.0 Å². The molecule has 1 aromatic carbocycles. The largest absolute Gasteiger partial charge is 0.331 e. The van der Waals surface area contributed by atoms with E-state index >= 15 is 0 Å². The lowest BCUT2D eigenvalue weighted by atomic mass is 10.3. The Bertz CT molecular complexity index is 408. The Kier molecular flexibility index (Phi) is 3.19. The second-order valence-electron chi connectivity index (χ2n) is 3.32. The Morgan fingerprint density at radius 1 is 1.21 bits per heavy atom. The maximum absolute atomic E-state index is 4.35. The highest BCUT2D eigenvalue weighted by Gasteiger charge is 1.99. The Hall–Kier alpha value is -0.830. The number of benzene rings is 1. The highest BCUT2D eigenvalue weighted by molar-refractivity contribution is 9.09. The quantitative estimate of drug-likeness (QED) is 0.604. The lowest BCUT2D eigenvalue weighted by Crippen LogP contribution is -1.95. The number of hydrogen-bond donors (Lipinski definition) is 0. The molecule has 0 bridgehead atoms. The van der Waals surface area contributed by atoms with Crippen LogP contribution in [0.5, 0.6) is 0 Å². The highest BCUT2D eigenvalue weighted by atomic mass is 79.9. The minimum atomic E-state index is 1.06. The molecule has 0 spiro atoms. The second kappa shape index (κ2) is 4.60. The number of alkyl halides is 1. The molecule has 2 nitrogen and oxygen atoms in total. The average Bonchev–Trinajstić information content (AvgIpc) is 2.63. The van der Waals surface area contributed by atoms with Crippen molar-refractivity contribution in [2.75, 3.05) is 5.33 Å². The predicted octanol–water partition coefficient (Wildman–Crippen LogP) is 3.21. The SMILES string of the molecule is BrCCCCn1cnc2ccccc21. The third kappa shape index (κ3) is 1.98. The fraction of sp³-hybridized carbons (Fsp3) is 0.364. The van der Waals surface area contributed by atoms with E-state index in [0.717, 1.165) is 17.4 Å². The zero-order valence-electron chi connectivity index (χ0n) is 7.99. The molecule has 0 aliphatic carbocycles. The van der Waals surface area contributed by atoms with E-state index in [4.69, 9.17) is 0 Å². The van der Waals surface area contributed by atoms with E-state index in [0.29, 0.717) is 0 Å². The van der Waals surface area contributed by atoms with Crippen LogP contribution in [0.1, 0.15) is 12.8 Å². The molecule has 0 atom stereocenters. The minimum absolute atomic E-state index is 1.06. The first kappa shape index (κ1) is 9.71. The van der Waals surface area contributed by atoms with Gasteiger partial charge < -0.3 is 4.57 Å².